The largest absolute Gasteiger partial charge is 0.462 e. The normalized spacial score (nSPS) is 10.7. The first-order valence-corrected chi connectivity index (χ1v) is 8.94. The van der Waals surface area contributed by atoms with Gasteiger partial charge in [-0.2, -0.15) is 0 Å². The second-order valence-electron chi connectivity index (χ2n) is 5.49. The Morgan fingerprint density at radius 3 is 2.20 bits per heavy atom. The molecule has 0 amide bonds. The van der Waals surface area contributed by atoms with Crippen molar-refractivity contribution in [1.29, 1.82) is 0 Å². The first kappa shape index (κ1) is 20.7. The first-order valence-electron chi connectivity index (χ1n) is 8.94. The molecule has 0 N–H and O–H groups in total. The van der Waals surface area contributed by atoms with E-state index < -0.39 is 11.9 Å². The van der Waals surface area contributed by atoms with Gasteiger partial charge in [-0.15, -0.1) is 0 Å². The lowest BCUT2D eigenvalue weighted by molar-refractivity contribution is -0.146. The van der Waals surface area contributed by atoms with Crippen LogP contribution in [-0.2, 0) is 19.1 Å². The van der Waals surface area contributed by atoms with Gasteiger partial charge >= 0.3 is 11.9 Å². The van der Waals surface area contributed by atoms with Crippen LogP contribution >= 0.6 is 0 Å². The van der Waals surface area contributed by atoms with Gasteiger partial charge in [0.1, 0.15) is 17.1 Å². The molecule has 25 heavy (non-hydrogen) atoms. The van der Waals surface area contributed by atoms with Crippen molar-refractivity contribution in [1.82, 2.24) is 0 Å². The minimum absolute atomic E-state index is 0.173. The predicted octanol–water partition coefficient (Wildman–Crippen LogP) is 4.77. The Morgan fingerprint density at radius 1 is 0.960 bits per heavy atom. The van der Waals surface area contributed by atoms with Crippen LogP contribution in [-0.4, -0.2) is 25.2 Å². The zero-order valence-corrected chi connectivity index (χ0v) is 15.4. The predicted molar refractivity (Wildman–Crippen MR) is 97.7 cm³/mol. The summed E-state index contributed by atoms with van der Waals surface area (Å²) in [5.41, 5.74) is -0.173. The number of ether oxygens (including phenoxy) is 2. The number of allylic oxidation sites excluding steroid dienone is 1. The van der Waals surface area contributed by atoms with Crippen LogP contribution in [0.25, 0.3) is 12.2 Å². The number of esters is 2. The van der Waals surface area contributed by atoms with E-state index >= 15 is 0 Å². The molecular weight excluding hydrogens is 320 g/mol. The van der Waals surface area contributed by atoms with E-state index in [1.165, 1.54) is 25.3 Å². The monoisotopic (exact) mass is 348 g/mol. The number of unbranched alkanes of at least 4 members (excludes halogenated alkanes) is 4. The third-order valence-corrected chi connectivity index (χ3v) is 3.43. The van der Waals surface area contributed by atoms with E-state index in [1.807, 2.05) is 6.08 Å². The van der Waals surface area contributed by atoms with Crippen LogP contribution in [0.1, 0.15) is 64.4 Å². The highest BCUT2D eigenvalue weighted by Crippen LogP contribution is 2.16. The lowest BCUT2D eigenvalue weighted by atomic mass is 10.1. The Bertz CT molecular complexity index is 575. The summed E-state index contributed by atoms with van der Waals surface area (Å²) in [4.78, 5) is 23.8. The van der Waals surface area contributed by atoms with Crippen molar-refractivity contribution in [2.75, 3.05) is 13.2 Å². The Labute approximate surface area is 149 Å². The smallest absolute Gasteiger partial charge is 0.345 e. The van der Waals surface area contributed by atoms with Gasteiger partial charge in [0.05, 0.1) is 13.2 Å². The van der Waals surface area contributed by atoms with Gasteiger partial charge in [-0.25, -0.2) is 9.59 Å². The molecule has 1 aromatic heterocycles. The molecule has 1 rings (SSSR count). The Hall–Kier alpha value is -2.30. The Morgan fingerprint density at radius 2 is 1.60 bits per heavy atom. The molecule has 0 spiro atoms. The number of carbonyl (C=O) groups is 2. The number of hydrogen-bond donors (Lipinski definition) is 0. The van der Waals surface area contributed by atoms with Gasteiger partial charge < -0.3 is 13.9 Å². The fourth-order valence-electron chi connectivity index (χ4n) is 2.19. The molecule has 0 unspecified atom stereocenters. The molecule has 0 saturated carbocycles. The van der Waals surface area contributed by atoms with Crippen LogP contribution in [0.5, 0.6) is 0 Å². The molecule has 5 heteroatoms. The van der Waals surface area contributed by atoms with Crippen molar-refractivity contribution in [3.05, 3.63) is 35.3 Å². The van der Waals surface area contributed by atoms with Crippen LogP contribution in [0.2, 0.25) is 0 Å². The molecule has 0 aliphatic rings. The van der Waals surface area contributed by atoms with Gasteiger partial charge in [0.2, 0.25) is 0 Å². The molecule has 1 heterocycles. The van der Waals surface area contributed by atoms with E-state index in [2.05, 4.69) is 13.0 Å². The molecule has 0 saturated heterocycles. The lowest BCUT2D eigenvalue weighted by Gasteiger charge is -2.05. The average molecular weight is 348 g/mol. The Balaban J connectivity index is 2.75. The second-order valence-corrected chi connectivity index (χ2v) is 5.49. The highest BCUT2D eigenvalue weighted by atomic mass is 16.6. The fraction of sp³-hybridized carbons (Fsp3) is 0.500. The Kier molecular flexibility index (Phi) is 10.1. The van der Waals surface area contributed by atoms with Crippen molar-refractivity contribution in [2.45, 2.75) is 52.9 Å². The van der Waals surface area contributed by atoms with Gasteiger partial charge in [-0.1, -0.05) is 32.3 Å². The third-order valence-electron chi connectivity index (χ3n) is 3.43. The van der Waals surface area contributed by atoms with Crippen molar-refractivity contribution in [3.8, 4) is 0 Å². The lowest BCUT2D eigenvalue weighted by Crippen LogP contribution is -2.18. The zero-order valence-electron chi connectivity index (χ0n) is 15.4. The van der Waals surface area contributed by atoms with E-state index in [9.17, 15) is 9.59 Å². The fourth-order valence-corrected chi connectivity index (χ4v) is 2.19. The van der Waals surface area contributed by atoms with Crippen LogP contribution in [0.3, 0.4) is 0 Å². The average Bonchev–Trinajstić information content (AvgIpc) is 3.03. The van der Waals surface area contributed by atoms with Gasteiger partial charge in [0.15, 0.2) is 0 Å². The first-order chi connectivity index (χ1) is 12.1. The SMILES string of the molecule is CCCCCCC=Cc1ccc(C=C(C(=O)OCC)C(=O)OCC)o1. The van der Waals surface area contributed by atoms with E-state index in [4.69, 9.17) is 13.9 Å². The quantitative estimate of drug-likeness (QED) is 0.189. The molecule has 1 aromatic rings. The molecule has 5 nitrogen and oxygen atoms in total. The number of hydrogen-bond acceptors (Lipinski definition) is 5. The van der Waals surface area contributed by atoms with Crippen molar-refractivity contribution < 1.29 is 23.5 Å². The summed E-state index contributed by atoms with van der Waals surface area (Å²) < 4.78 is 15.4. The van der Waals surface area contributed by atoms with Crippen molar-refractivity contribution >= 4 is 24.1 Å². The highest BCUT2D eigenvalue weighted by Gasteiger charge is 2.21. The van der Waals surface area contributed by atoms with E-state index in [0.29, 0.717) is 11.5 Å². The molecule has 0 aliphatic heterocycles. The molecule has 0 aliphatic carbocycles. The number of rotatable bonds is 11. The minimum atomic E-state index is -0.717. The van der Waals surface area contributed by atoms with E-state index in [1.54, 1.807) is 26.0 Å². The maximum atomic E-state index is 11.9. The van der Waals surface area contributed by atoms with Crippen LogP contribution < -0.4 is 0 Å². The van der Waals surface area contributed by atoms with Gasteiger partial charge in [0.25, 0.3) is 0 Å². The number of carbonyl (C=O) groups excluding carboxylic acids is 2. The van der Waals surface area contributed by atoms with Gasteiger partial charge in [-0.3, -0.25) is 0 Å². The van der Waals surface area contributed by atoms with Crippen LogP contribution in [0.15, 0.2) is 28.2 Å². The molecule has 0 atom stereocenters. The summed E-state index contributed by atoms with van der Waals surface area (Å²) in [6, 6.07) is 3.50. The molecule has 0 bridgehead atoms. The zero-order chi connectivity index (χ0) is 18.5. The molecular formula is C20H28O5. The van der Waals surface area contributed by atoms with Crippen molar-refractivity contribution in [2.24, 2.45) is 0 Å². The molecule has 0 fully saturated rings. The summed E-state index contributed by atoms with van der Waals surface area (Å²) in [6.45, 7) is 5.90. The highest BCUT2D eigenvalue weighted by molar-refractivity contribution is 6.17. The second kappa shape index (κ2) is 12.1. The molecule has 138 valence electrons. The van der Waals surface area contributed by atoms with Crippen LogP contribution in [0, 0.1) is 0 Å². The van der Waals surface area contributed by atoms with Crippen molar-refractivity contribution in [3.63, 3.8) is 0 Å². The van der Waals surface area contributed by atoms with Crippen LogP contribution in [0.4, 0.5) is 0 Å². The van der Waals surface area contributed by atoms with Gasteiger partial charge in [-0.05, 0) is 44.9 Å². The topological polar surface area (TPSA) is 65.7 Å². The van der Waals surface area contributed by atoms with E-state index in [0.717, 1.165) is 12.8 Å². The standard InChI is InChI=1S/C20H28O5/c1-4-7-8-9-10-11-12-16-13-14-17(25-16)15-18(19(21)23-5-2)20(22)24-6-3/h11-15H,4-10H2,1-3H3. The van der Waals surface area contributed by atoms with E-state index in [-0.39, 0.29) is 18.8 Å². The van der Waals surface area contributed by atoms with Gasteiger partial charge in [0, 0.05) is 6.08 Å². The molecule has 0 radical (unpaired) electrons. The summed E-state index contributed by atoms with van der Waals surface area (Å²) in [6.07, 6.45) is 11.2. The summed E-state index contributed by atoms with van der Waals surface area (Å²) >= 11 is 0. The third kappa shape index (κ3) is 7.88. The molecule has 0 aromatic carbocycles. The minimum Gasteiger partial charge on any atom is -0.462 e. The maximum absolute atomic E-state index is 11.9. The summed E-state index contributed by atoms with van der Waals surface area (Å²) in [5, 5.41) is 0. The number of furan rings is 1. The maximum Gasteiger partial charge on any atom is 0.345 e. The summed E-state index contributed by atoms with van der Waals surface area (Å²) in [5.74, 6) is -0.355. The summed E-state index contributed by atoms with van der Waals surface area (Å²) in [7, 11) is 0.